The summed E-state index contributed by atoms with van der Waals surface area (Å²) in [5, 5.41) is 2.90. The summed E-state index contributed by atoms with van der Waals surface area (Å²) in [5.41, 5.74) is 1.78. The van der Waals surface area contributed by atoms with Gasteiger partial charge in [-0.15, -0.1) is 0 Å². The zero-order valence-electron chi connectivity index (χ0n) is 14.7. The molecule has 7 heteroatoms. The summed E-state index contributed by atoms with van der Waals surface area (Å²) in [6.07, 6.45) is 3.34. The summed E-state index contributed by atoms with van der Waals surface area (Å²) in [7, 11) is -3.66. The molecule has 1 heterocycles. The maximum atomic E-state index is 12.4. The van der Waals surface area contributed by atoms with Gasteiger partial charge in [-0.3, -0.25) is 14.5 Å². The van der Waals surface area contributed by atoms with Crippen LogP contribution in [0.4, 0.5) is 5.69 Å². The van der Waals surface area contributed by atoms with Gasteiger partial charge in [0, 0.05) is 23.6 Å². The van der Waals surface area contributed by atoms with Gasteiger partial charge in [-0.05, 0) is 61.0 Å². The van der Waals surface area contributed by atoms with Crippen LogP contribution in [0.25, 0.3) is 0 Å². The van der Waals surface area contributed by atoms with Gasteiger partial charge in [0.05, 0.1) is 10.9 Å². The van der Waals surface area contributed by atoms with Gasteiger partial charge in [0.2, 0.25) is 0 Å². The second-order valence-corrected chi connectivity index (χ2v) is 7.65. The smallest absolute Gasteiger partial charge is 0.261 e. The van der Waals surface area contributed by atoms with E-state index in [1.54, 1.807) is 54.9 Å². The Morgan fingerprint density at radius 3 is 2.19 bits per heavy atom. The van der Waals surface area contributed by atoms with Crippen molar-refractivity contribution < 1.29 is 13.2 Å². The molecule has 2 aromatic carbocycles. The van der Waals surface area contributed by atoms with Crippen LogP contribution in [0.5, 0.6) is 0 Å². The zero-order chi connectivity index (χ0) is 19.3. The molecular weight excluding hydrogens is 362 g/mol. The minimum absolute atomic E-state index is 0.170. The first kappa shape index (κ1) is 18.6. The number of hydrogen-bond acceptors (Lipinski definition) is 4. The van der Waals surface area contributed by atoms with Crippen LogP contribution in [0.15, 0.2) is 84.0 Å². The van der Waals surface area contributed by atoms with Crippen molar-refractivity contribution in [3.05, 3.63) is 90.3 Å². The van der Waals surface area contributed by atoms with Crippen LogP contribution in [0.3, 0.4) is 0 Å². The molecule has 3 aromatic rings. The summed E-state index contributed by atoms with van der Waals surface area (Å²) in [6, 6.07) is 17.9. The second-order valence-electron chi connectivity index (χ2n) is 5.97. The van der Waals surface area contributed by atoms with Gasteiger partial charge in [-0.2, -0.15) is 0 Å². The standard InChI is InChI=1S/C20H19N3O3S/c1-15(16-11-13-21-14-12-16)22-20(24)17-7-9-18(10-8-17)23-27(25,26)19-5-3-2-4-6-19/h2-15,23H,1H3,(H,22,24). The molecule has 0 spiro atoms. The average molecular weight is 381 g/mol. The lowest BCUT2D eigenvalue weighted by molar-refractivity contribution is 0.0940. The van der Waals surface area contributed by atoms with Crippen LogP contribution in [0.1, 0.15) is 28.9 Å². The first-order chi connectivity index (χ1) is 13.0. The van der Waals surface area contributed by atoms with E-state index in [1.165, 1.54) is 12.1 Å². The zero-order valence-corrected chi connectivity index (χ0v) is 15.5. The number of aromatic nitrogens is 1. The Kier molecular flexibility index (Phi) is 5.52. The van der Waals surface area contributed by atoms with Crippen LogP contribution < -0.4 is 10.0 Å². The molecule has 0 fully saturated rings. The Balaban J connectivity index is 1.67. The third kappa shape index (κ3) is 4.71. The summed E-state index contributed by atoms with van der Waals surface area (Å²) in [4.78, 5) is 16.5. The Labute approximate surface area is 158 Å². The summed E-state index contributed by atoms with van der Waals surface area (Å²) in [5.74, 6) is -0.239. The van der Waals surface area contributed by atoms with E-state index in [0.29, 0.717) is 11.3 Å². The van der Waals surface area contributed by atoms with E-state index < -0.39 is 10.0 Å². The number of nitrogens with one attached hydrogen (secondary N) is 2. The monoisotopic (exact) mass is 381 g/mol. The molecule has 1 atom stereocenters. The van der Waals surface area contributed by atoms with Crippen LogP contribution in [0, 0.1) is 0 Å². The molecule has 1 unspecified atom stereocenters. The van der Waals surface area contributed by atoms with Crippen molar-refractivity contribution in [2.75, 3.05) is 4.72 Å². The van der Waals surface area contributed by atoms with Crippen LogP contribution in [-0.4, -0.2) is 19.3 Å². The lowest BCUT2D eigenvalue weighted by Gasteiger charge is -2.14. The van der Waals surface area contributed by atoms with Crippen molar-refractivity contribution >= 4 is 21.6 Å². The average Bonchev–Trinajstić information content (AvgIpc) is 2.69. The normalized spacial score (nSPS) is 12.2. The van der Waals surface area contributed by atoms with Gasteiger partial charge in [0.15, 0.2) is 0 Å². The number of carbonyl (C=O) groups excluding carboxylic acids is 1. The van der Waals surface area contributed by atoms with Gasteiger partial charge in [0.1, 0.15) is 0 Å². The number of nitrogens with zero attached hydrogens (tertiary/aromatic N) is 1. The highest BCUT2D eigenvalue weighted by Gasteiger charge is 2.15. The van der Waals surface area contributed by atoms with Gasteiger partial charge in [-0.25, -0.2) is 8.42 Å². The Bertz CT molecular complexity index is 1010. The summed E-state index contributed by atoms with van der Waals surface area (Å²) >= 11 is 0. The highest BCUT2D eigenvalue weighted by molar-refractivity contribution is 7.92. The van der Waals surface area contributed by atoms with Crippen molar-refractivity contribution in [1.82, 2.24) is 10.3 Å². The van der Waals surface area contributed by atoms with Gasteiger partial charge in [0.25, 0.3) is 15.9 Å². The molecule has 0 saturated carbocycles. The maximum absolute atomic E-state index is 12.4. The third-order valence-corrected chi connectivity index (χ3v) is 5.40. The molecule has 6 nitrogen and oxygen atoms in total. The fraction of sp³-hybridized carbons (Fsp3) is 0.100. The number of hydrogen-bond donors (Lipinski definition) is 2. The predicted molar refractivity (Wildman–Crippen MR) is 104 cm³/mol. The lowest BCUT2D eigenvalue weighted by Crippen LogP contribution is -2.26. The minimum Gasteiger partial charge on any atom is -0.346 e. The molecule has 0 aliphatic rings. The number of benzene rings is 2. The van der Waals surface area contributed by atoms with E-state index >= 15 is 0 Å². The molecule has 3 rings (SSSR count). The number of rotatable bonds is 6. The highest BCUT2D eigenvalue weighted by atomic mass is 32.2. The molecule has 0 aliphatic heterocycles. The molecule has 0 radical (unpaired) electrons. The van der Waals surface area contributed by atoms with Gasteiger partial charge >= 0.3 is 0 Å². The molecule has 0 bridgehead atoms. The van der Waals surface area contributed by atoms with Crippen molar-refractivity contribution in [3.63, 3.8) is 0 Å². The number of sulfonamides is 1. The lowest BCUT2D eigenvalue weighted by atomic mass is 10.1. The third-order valence-electron chi connectivity index (χ3n) is 4.01. The largest absolute Gasteiger partial charge is 0.346 e. The Morgan fingerprint density at radius 1 is 0.926 bits per heavy atom. The molecule has 27 heavy (non-hydrogen) atoms. The van der Waals surface area contributed by atoms with Gasteiger partial charge < -0.3 is 5.32 Å². The topological polar surface area (TPSA) is 88.2 Å². The summed E-state index contributed by atoms with van der Waals surface area (Å²) in [6.45, 7) is 1.88. The SMILES string of the molecule is CC(NC(=O)c1ccc(NS(=O)(=O)c2ccccc2)cc1)c1ccncc1. The maximum Gasteiger partial charge on any atom is 0.261 e. The molecular formula is C20H19N3O3S. The quantitative estimate of drug-likeness (QED) is 0.685. The molecule has 0 saturated heterocycles. The molecule has 0 aliphatic carbocycles. The van der Waals surface area contributed by atoms with Crippen LogP contribution >= 0.6 is 0 Å². The highest BCUT2D eigenvalue weighted by Crippen LogP contribution is 2.17. The molecule has 138 valence electrons. The van der Waals surface area contributed by atoms with Crippen LogP contribution in [-0.2, 0) is 10.0 Å². The predicted octanol–water partition coefficient (Wildman–Crippen LogP) is 3.37. The summed E-state index contributed by atoms with van der Waals surface area (Å²) < 4.78 is 27.2. The van der Waals surface area contributed by atoms with Crippen molar-refractivity contribution in [1.29, 1.82) is 0 Å². The second kappa shape index (κ2) is 8.01. The van der Waals surface area contributed by atoms with E-state index in [2.05, 4.69) is 15.0 Å². The van der Waals surface area contributed by atoms with E-state index in [1.807, 2.05) is 19.1 Å². The number of carbonyl (C=O) groups is 1. The molecule has 1 amide bonds. The van der Waals surface area contributed by atoms with E-state index in [-0.39, 0.29) is 16.8 Å². The van der Waals surface area contributed by atoms with E-state index in [9.17, 15) is 13.2 Å². The van der Waals surface area contributed by atoms with Crippen molar-refractivity contribution in [2.45, 2.75) is 17.9 Å². The first-order valence-electron chi connectivity index (χ1n) is 8.34. The van der Waals surface area contributed by atoms with Gasteiger partial charge in [-0.1, -0.05) is 18.2 Å². The minimum atomic E-state index is -3.66. The molecule has 2 N–H and O–H groups in total. The number of amides is 1. The molecule has 1 aromatic heterocycles. The Hall–Kier alpha value is -3.19. The first-order valence-corrected chi connectivity index (χ1v) is 9.83. The number of pyridine rings is 1. The fourth-order valence-electron chi connectivity index (χ4n) is 2.52. The van der Waals surface area contributed by atoms with Crippen LogP contribution in [0.2, 0.25) is 0 Å². The fourth-order valence-corrected chi connectivity index (χ4v) is 3.60. The van der Waals surface area contributed by atoms with E-state index in [0.717, 1.165) is 5.56 Å². The van der Waals surface area contributed by atoms with E-state index in [4.69, 9.17) is 0 Å². The van der Waals surface area contributed by atoms with Crippen molar-refractivity contribution in [2.24, 2.45) is 0 Å². The number of anilines is 1. The van der Waals surface area contributed by atoms with Crippen molar-refractivity contribution in [3.8, 4) is 0 Å². The Morgan fingerprint density at radius 2 is 1.56 bits per heavy atom.